The van der Waals surface area contributed by atoms with Crippen LogP contribution in [0.15, 0.2) is 79.4 Å². The van der Waals surface area contributed by atoms with Crippen LogP contribution in [0.5, 0.6) is 5.75 Å². The van der Waals surface area contributed by atoms with E-state index in [9.17, 15) is 4.79 Å². The van der Waals surface area contributed by atoms with E-state index in [1.807, 2.05) is 95.3 Å². The third-order valence-electron chi connectivity index (χ3n) is 10.1. The Morgan fingerprint density at radius 3 is 2.35 bits per heavy atom. The summed E-state index contributed by atoms with van der Waals surface area (Å²) in [5.41, 5.74) is 1.21. The van der Waals surface area contributed by atoms with Crippen LogP contribution in [0, 0.1) is 0 Å². The van der Waals surface area contributed by atoms with Crippen molar-refractivity contribution in [3.63, 3.8) is 0 Å². The molecule has 0 spiro atoms. The lowest BCUT2D eigenvalue weighted by Gasteiger charge is -2.46. The standard InChI is InChI=1S/C43H58O11/c1-8-31-32(21-22-33-37(50-31)27-49-43(5,6)53-33)51-36(41(44)54-42(2,3)4)24-35-39(47-26-29-17-19-30(45-7)20-18-29)40(48-25-28-14-10-9-11-15-28)38-34(52-35)16-12-13-23-46-38/h8-15,17-20,31-40H,1,16,21-27H2,2-7H3/t31-,32+,33-,34-,35+,36+,37+,38-,39+,40+/m0/s1. The molecule has 11 nitrogen and oxygen atoms in total. The van der Waals surface area contributed by atoms with Gasteiger partial charge in [-0.1, -0.05) is 60.7 Å². The van der Waals surface area contributed by atoms with Crippen LogP contribution < -0.4 is 4.74 Å². The van der Waals surface area contributed by atoms with Gasteiger partial charge in [-0.05, 0) is 77.1 Å². The van der Waals surface area contributed by atoms with Gasteiger partial charge in [-0.3, -0.25) is 0 Å². The fourth-order valence-corrected chi connectivity index (χ4v) is 7.48. The Morgan fingerprint density at radius 1 is 0.926 bits per heavy atom. The van der Waals surface area contributed by atoms with E-state index >= 15 is 0 Å². The number of hydrogen-bond donors (Lipinski definition) is 0. The number of esters is 1. The summed E-state index contributed by atoms with van der Waals surface area (Å²) in [6.45, 7) is 14.8. The third-order valence-corrected chi connectivity index (χ3v) is 10.1. The molecule has 0 bridgehead atoms. The molecule has 3 fully saturated rings. The molecule has 296 valence electrons. The van der Waals surface area contributed by atoms with Crippen molar-refractivity contribution in [1.29, 1.82) is 0 Å². The van der Waals surface area contributed by atoms with Gasteiger partial charge >= 0.3 is 5.97 Å². The van der Waals surface area contributed by atoms with Crippen LogP contribution in [0.3, 0.4) is 0 Å². The van der Waals surface area contributed by atoms with E-state index in [1.54, 1.807) is 13.2 Å². The van der Waals surface area contributed by atoms with Crippen LogP contribution in [-0.4, -0.2) is 98.7 Å². The molecule has 3 saturated heterocycles. The summed E-state index contributed by atoms with van der Waals surface area (Å²) < 4.78 is 63.7. The van der Waals surface area contributed by atoms with E-state index < -0.39 is 60.1 Å². The molecular formula is C43H58O11. The van der Waals surface area contributed by atoms with Gasteiger partial charge in [0.15, 0.2) is 11.9 Å². The Kier molecular flexibility index (Phi) is 13.7. The molecule has 0 saturated carbocycles. The second-order valence-electron chi connectivity index (χ2n) is 15.9. The average molecular weight is 751 g/mol. The third kappa shape index (κ3) is 10.8. The smallest absolute Gasteiger partial charge is 0.335 e. The normalized spacial score (nSPS) is 31.6. The summed E-state index contributed by atoms with van der Waals surface area (Å²) in [4.78, 5) is 14.2. The molecule has 4 aliphatic heterocycles. The molecule has 6 rings (SSSR count). The zero-order valence-electron chi connectivity index (χ0n) is 32.6. The van der Waals surface area contributed by atoms with E-state index in [1.165, 1.54) is 0 Å². The van der Waals surface area contributed by atoms with Crippen LogP contribution >= 0.6 is 0 Å². The lowest BCUT2D eigenvalue weighted by atomic mass is 9.90. The number of methoxy groups -OCH3 is 1. The van der Waals surface area contributed by atoms with E-state index in [4.69, 9.17) is 47.4 Å². The number of benzene rings is 2. The van der Waals surface area contributed by atoms with Crippen molar-refractivity contribution in [3.8, 4) is 5.75 Å². The molecule has 11 heteroatoms. The molecule has 0 amide bonds. The number of fused-ring (bicyclic) bond motifs is 2. The topological polar surface area (TPSA) is 109 Å². The summed E-state index contributed by atoms with van der Waals surface area (Å²) >= 11 is 0. The molecule has 10 atom stereocenters. The summed E-state index contributed by atoms with van der Waals surface area (Å²) in [6.07, 6.45) is 2.67. The molecule has 0 aromatic heterocycles. The van der Waals surface area contributed by atoms with Crippen LogP contribution in [0.2, 0.25) is 0 Å². The second kappa shape index (κ2) is 18.2. The predicted octanol–water partition coefficient (Wildman–Crippen LogP) is 6.65. The van der Waals surface area contributed by atoms with Crippen LogP contribution in [0.4, 0.5) is 0 Å². The molecular weight excluding hydrogens is 692 g/mol. The summed E-state index contributed by atoms with van der Waals surface area (Å²) in [5.74, 6) is -0.462. The molecule has 0 radical (unpaired) electrons. The van der Waals surface area contributed by atoms with Crippen molar-refractivity contribution in [1.82, 2.24) is 0 Å². The zero-order valence-corrected chi connectivity index (χ0v) is 32.6. The van der Waals surface area contributed by atoms with Crippen LogP contribution in [0.25, 0.3) is 0 Å². The maximum Gasteiger partial charge on any atom is 0.335 e. The first-order chi connectivity index (χ1) is 25.9. The van der Waals surface area contributed by atoms with E-state index in [-0.39, 0.29) is 31.3 Å². The van der Waals surface area contributed by atoms with Crippen molar-refractivity contribution < 1.29 is 52.2 Å². The maximum absolute atomic E-state index is 14.2. The van der Waals surface area contributed by atoms with E-state index in [0.29, 0.717) is 39.1 Å². The minimum atomic E-state index is -1.03. The van der Waals surface area contributed by atoms with Gasteiger partial charge in [0.1, 0.15) is 41.9 Å². The quantitative estimate of drug-likeness (QED) is 0.162. The Labute approximate surface area is 320 Å². The van der Waals surface area contributed by atoms with Gasteiger partial charge in [0.2, 0.25) is 0 Å². The Balaban J connectivity index is 1.30. The molecule has 2 aromatic carbocycles. The summed E-state index contributed by atoms with van der Waals surface area (Å²) in [7, 11) is 1.64. The maximum atomic E-state index is 14.2. The monoisotopic (exact) mass is 750 g/mol. The Hall–Kier alpha value is -3.13. The van der Waals surface area contributed by atoms with Gasteiger partial charge in [-0.2, -0.15) is 0 Å². The highest BCUT2D eigenvalue weighted by molar-refractivity contribution is 5.75. The molecule has 0 aliphatic carbocycles. The molecule has 2 aromatic rings. The number of rotatable bonds is 13. The highest BCUT2D eigenvalue weighted by Crippen LogP contribution is 2.37. The fourth-order valence-electron chi connectivity index (χ4n) is 7.48. The lowest BCUT2D eigenvalue weighted by molar-refractivity contribution is -0.311. The highest BCUT2D eigenvalue weighted by atomic mass is 16.7. The first kappa shape index (κ1) is 40.5. The largest absolute Gasteiger partial charge is 0.497 e. The number of carbonyl (C=O) groups is 1. The first-order valence-electron chi connectivity index (χ1n) is 19.2. The van der Waals surface area contributed by atoms with Crippen molar-refractivity contribution in [3.05, 3.63) is 90.5 Å². The van der Waals surface area contributed by atoms with Crippen molar-refractivity contribution in [2.75, 3.05) is 20.3 Å². The molecule has 54 heavy (non-hydrogen) atoms. The zero-order chi connectivity index (χ0) is 38.3. The SMILES string of the molecule is C=C[C@@H]1O[C@@H]2COC(C)(C)O[C@H]2CC[C@H]1O[C@H](C[C@H]1O[C@H]2CC=CCO[C@@H]2[C@@H](OCc2ccccc2)[C@@H]1OCc1ccc(OC)cc1)C(=O)OC(C)(C)C. The highest BCUT2D eigenvalue weighted by Gasteiger charge is 2.50. The fraction of sp³-hybridized carbons (Fsp3) is 0.605. The minimum Gasteiger partial charge on any atom is -0.497 e. The minimum absolute atomic E-state index is 0.139. The summed E-state index contributed by atoms with van der Waals surface area (Å²) in [6, 6.07) is 17.8. The predicted molar refractivity (Wildman–Crippen MR) is 201 cm³/mol. The molecule has 4 heterocycles. The van der Waals surface area contributed by atoms with Crippen molar-refractivity contribution in [2.45, 2.75) is 146 Å². The van der Waals surface area contributed by atoms with Gasteiger partial charge < -0.3 is 47.4 Å². The van der Waals surface area contributed by atoms with Gasteiger partial charge in [0.05, 0.1) is 58.0 Å². The number of carbonyl (C=O) groups excluding carboxylic acids is 1. The Bertz CT molecular complexity index is 1520. The van der Waals surface area contributed by atoms with E-state index in [0.717, 1.165) is 16.9 Å². The van der Waals surface area contributed by atoms with Gasteiger partial charge in [0.25, 0.3) is 0 Å². The molecule has 4 aliphatic rings. The molecule has 0 N–H and O–H groups in total. The lowest BCUT2D eigenvalue weighted by Crippen LogP contribution is -2.60. The number of ether oxygens (including phenoxy) is 10. The van der Waals surface area contributed by atoms with E-state index in [2.05, 4.69) is 12.7 Å². The van der Waals surface area contributed by atoms with Gasteiger partial charge in [-0.25, -0.2) is 4.79 Å². The Morgan fingerprint density at radius 2 is 1.65 bits per heavy atom. The van der Waals surface area contributed by atoms with Crippen LogP contribution in [-0.2, 0) is 60.6 Å². The average Bonchev–Trinajstić information content (AvgIpc) is 3.48. The van der Waals surface area contributed by atoms with Gasteiger partial charge in [-0.15, -0.1) is 6.58 Å². The van der Waals surface area contributed by atoms with Crippen molar-refractivity contribution in [2.24, 2.45) is 0 Å². The number of hydrogen-bond acceptors (Lipinski definition) is 11. The second-order valence-corrected chi connectivity index (χ2v) is 15.9. The first-order valence-corrected chi connectivity index (χ1v) is 19.2. The van der Waals surface area contributed by atoms with Crippen molar-refractivity contribution >= 4 is 5.97 Å². The summed E-state index contributed by atoms with van der Waals surface area (Å²) in [5, 5.41) is 0. The van der Waals surface area contributed by atoms with Crippen LogP contribution in [0.1, 0.15) is 71.4 Å². The van der Waals surface area contributed by atoms with Gasteiger partial charge in [0, 0.05) is 6.42 Å². The molecule has 0 unspecified atom stereocenters.